The number of rotatable bonds is 5. The molecule has 0 fully saturated rings. The monoisotopic (exact) mass is 346 g/mol. The highest BCUT2D eigenvalue weighted by atomic mass is 35.5. The Bertz CT molecular complexity index is 700. The van der Waals surface area contributed by atoms with Gasteiger partial charge in [-0.15, -0.1) is 0 Å². The van der Waals surface area contributed by atoms with Crippen LogP contribution < -0.4 is 14.4 Å². The Balaban J connectivity index is 1.74. The summed E-state index contributed by atoms with van der Waals surface area (Å²) in [5.41, 5.74) is 4.11. The molecule has 1 unspecified atom stereocenters. The number of halogens is 1. The molecule has 1 aliphatic heterocycles. The van der Waals surface area contributed by atoms with Crippen molar-refractivity contribution in [2.45, 2.75) is 25.8 Å². The third-order valence-corrected chi connectivity index (χ3v) is 5.34. The molecule has 3 rings (SSSR count). The highest BCUT2D eigenvalue weighted by Gasteiger charge is 2.28. The topological polar surface area (TPSA) is 22.9 Å². The predicted molar refractivity (Wildman–Crippen MR) is 97.5 cm³/mol. The molecule has 1 N–H and O–H groups in total. The van der Waals surface area contributed by atoms with Gasteiger partial charge >= 0.3 is 0 Å². The summed E-state index contributed by atoms with van der Waals surface area (Å²) in [6.07, 6.45) is 2.15. The van der Waals surface area contributed by atoms with Crippen molar-refractivity contribution in [2.75, 3.05) is 27.3 Å². The van der Waals surface area contributed by atoms with Gasteiger partial charge in [0.25, 0.3) is 0 Å². The fourth-order valence-electron chi connectivity index (χ4n) is 3.59. The van der Waals surface area contributed by atoms with Crippen LogP contribution in [0.25, 0.3) is 0 Å². The van der Waals surface area contributed by atoms with Crippen LogP contribution >= 0.6 is 11.6 Å². The van der Waals surface area contributed by atoms with E-state index in [0.717, 1.165) is 42.5 Å². The summed E-state index contributed by atoms with van der Waals surface area (Å²) < 4.78 is 10.9. The second-order valence-corrected chi connectivity index (χ2v) is 6.85. The summed E-state index contributed by atoms with van der Waals surface area (Å²) in [7, 11) is 3.39. The maximum Gasteiger partial charge on any atom is 0.161 e. The van der Waals surface area contributed by atoms with Crippen LogP contribution in [0.2, 0.25) is 5.02 Å². The average molecular weight is 347 g/mol. The van der Waals surface area contributed by atoms with Crippen LogP contribution in [0, 0.1) is 0 Å². The van der Waals surface area contributed by atoms with E-state index in [1.165, 1.54) is 16.7 Å². The summed E-state index contributed by atoms with van der Waals surface area (Å²) in [6.45, 7) is 4.58. The Labute approximate surface area is 149 Å². The van der Waals surface area contributed by atoms with Gasteiger partial charge in [0.05, 0.1) is 27.3 Å². The van der Waals surface area contributed by atoms with Gasteiger partial charge in [0.2, 0.25) is 0 Å². The molecule has 2 aromatic carbocycles. The Morgan fingerprint density at radius 3 is 2.42 bits per heavy atom. The lowest BCUT2D eigenvalue weighted by molar-refractivity contribution is -0.931. The van der Waals surface area contributed by atoms with Gasteiger partial charge in [0, 0.05) is 23.4 Å². The van der Waals surface area contributed by atoms with Crippen molar-refractivity contribution in [3.8, 4) is 11.5 Å². The number of nitrogens with one attached hydrogen (secondary N) is 1. The second-order valence-electron chi connectivity index (χ2n) is 6.41. The number of ether oxygens (including phenoxy) is 2. The van der Waals surface area contributed by atoms with Gasteiger partial charge in [-0.3, -0.25) is 0 Å². The zero-order chi connectivity index (χ0) is 17.1. The first-order valence-electron chi connectivity index (χ1n) is 8.46. The molecular weight excluding hydrogens is 322 g/mol. The van der Waals surface area contributed by atoms with Crippen molar-refractivity contribution in [2.24, 2.45) is 0 Å². The number of quaternary nitrogens is 1. The molecular formula is C20H25ClNO2+. The zero-order valence-corrected chi connectivity index (χ0v) is 15.3. The largest absolute Gasteiger partial charge is 0.493 e. The fraction of sp³-hybridized carbons (Fsp3) is 0.400. The van der Waals surface area contributed by atoms with Crippen LogP contribution in [0.1, 0.15) is 29.7 Å². The smallest absolute Gasteiger partial charge is 0.161 e. The molecule has 2 aromatic rings. The standard InChI is InChI=1S/C20H24ClNO2/c1-14-18-13-20(24-3)19(23-2)12-16(18)9-11-22(14)10-8-15-4-6-17(21)7-5-15/h4-7,12-14H,8-11H2,1-3H3/p+1/t14-/m1/s1. The second kappa shape index (κ2) is 7.45. The van der Waals surface area contributed by atoms with Gasteiger partial charge in [-0.05, 0) is 42.3 Å². The zero-order valence-electron chi connectivity index (χ0n) is 14.6. The van der Waals surface area contributed by atoms with Gasteiger partial charge in [0.1, 0.15) is 6.04 Å². The first kappa shape index (κ1) is 17.1. The molecule has 0 radical (unpaired) electrons. The minimum Gasteiger partial charge on any atom is -0.493 e. The van der Waals surface area contributed by atoms with E-state index in [0.29, 0.717) is 6.04 Å². The molecule has 0 saturated heterocycles. The fourth-order valence-corrected chi connectivity index (χ4v) is 3.71. The first-order chi connectivity index (χ1) is 11.6. The molecule has 0 amide bonds. The van der Waals surface area contributed by atoms with E-state index in [-0.39, 0.29) is 0 Å². The first-order valence-corrected chi connectivity index (χ1v) is 8.84. The van der Waals surface area contributed by atoms with Gasteiger partial charge in [0.15, 0.2) is 11.5 Å². The third kappa shape index (κ3) is 3.52. The van der Waals surface area contributed by atoms with Crippen molar-refractivity contribution in [1.82, 2.24) is 0 Å². The molecule has 0 saturated carbocycles. The molecule has 128 valence electrons. The summed E-state index contributed by atoms with van der Waals surface area (Å²) in [5, 5.41) is 0.799. The summed E-state index contributed by atoms with van der Waals surface area (Å²) in [4.78, 5) is 1.62. The van der Waals surface area contributed by atoms with Crippen LogP contribution in [-0.4, -0.2) is 27.3 Å². The lowest BCUT2D eigenvalue weighted by Gasteiger charge is -2.33. The van der Waals surface area contributed by atoms with Crippen molar-refractivity contribution in [3.05, 3.63) is 58.1 Å². The predicted octanol–water partition coefficient (Wildman–Crippen LogP) is 3.10. The Kier molecular flexibility index (Phi) is 5.32. The van der Waals surface area contributed by atoms with Crippen molar-refractivity contribution < 1.29 is 14.4 Å². The van der Waals surface area contributed by atoms with E-state index in [1.807, 2.05) is 12.1 Å². The minimum atomic E-state index is 0.459. The van der Waals surface area contributed by atoms with E-state index in [9.17, 15) is 0 Å². The number of methoxy groups -OCH3 is 2. The van der Waals surface area contributed by atoms with Crippen LogP contribution in [0.15, 0.2) is 36.4 Å². The molecule has 24 heavy (non-hydrogen) atoms. The van der Waals surface area contributed by atoms with Gasteiger partial charge in [-0.2, -0.15) is 0 Å². The van der Waals surface area contributed by atoms with Crippen LogP contribution in [0.5, 0.6) is 11.5 Å². The summed E-state index contributed by atoms with van der Waals surface area (Å²) in [5.74, 6) is 1.65. The summed E-state index contributed by atoms with van der Waals surface area (Å²) in [6, 6.07) is 12.9. The van der Waals surface area contributed by atoms with Gasteiger partial charge in [-0.1, -0.05) is 23.7 Å². The van der Waals surface area contributed by atoms with E-state index in [2.05, 4.69) is 31.2 Å². The molecule has 0 aliphatic carbocycles. The Morgan fingerprint density at radius 1 is 1.08 bits per heavy atom. The molecule has 2 atom stereocenters. The molecule has 0 aromatic heterocycles. The molecule has 4 heteroatoms. The molecule has 0 bridgehead atoms. The Morgan fingerprint density at radius 2 is 1.75 bits per heavy atom. The number of fused-ring (bicyclic) bond motifs is 1. The average Bonchev–Trinajstić information content (AvgIpc) is 2.61. The normalized spacial score (nSPS) is 19.7. The van der Waals surface area contributed by atoms with Crippen molar-refractivity contribution in [3.63, 3.8) is 0 Å². The Hall–Kier alpha value is -1.71. The number of hydrogen-bond acceptors (Lipinski definition) is 2. The molecule has 1 aliphatic rings. The van der Waals surface area contributed by atoms with Crippen LogP contribution in [0.4, 0.5) is 0 Å². The maximum atomic E-state index is 5.97. The van der Waals surface area contributed by atoms with Gasteiger partial charge < -0.3 is 14.4 Å². The molecule has 1 heterocycles. The van der Waals surface area contributed by atoms with Crippen LogP contribution in [0.3, 0.4) is 0 Å². The van der Waals surface area contributed by atoms with E-state index in [1.54, 1.807) is 19.1 Å². The quantitative estimate of drug-likeness (QED) is 0.899. The van der Waals surface area contributed by atoms with Crippen LogP contribution in [-0.2, 0) is 12.8 Å². The summed E-state index contributed by atoms with van der Waals surface area (Å²) >= 11 is 5.97. The van der Waals surface area contributed by atoms with Crippen molar-refractivity contribution in [1.29, 1.82) is 0 Å². The van der Waals surface area contributed by atoms with E-state index >= 15 is 0 Å². The third-order valence-electron chi connectivity index (χ3n) is 5.09. The molecule has 3 nitrogen and oxygen atoms in total. The van der Waals surface area contributed by atoms with E-state index in [4.69, 9.17) is 21.1 Å². The number of hydrogen-bond donors (Lipinski definition) is 1. The molecule has 0 spiro atoms. The van der Waals surface area contributed by atoms with Gasteiger partial charge in [-0.25, -0.2) is 0 Å². The number of benzene rings is 2. The minimum absolute atomic E-state index is 0.459. The maximum absolute atomic E-state index is 5.97. The SMILES string of the molecule is COc1cc2c(cc1OC)[C@@H](C)[NH+](CCc1ccc(Cl)cc1)CC2. The lowest BCUT2D eigenvalue weighted by atomic mass is 9.92. The lowest BCUT2D eigenvalue weighted by Crippen LogP contribution is -3.13. The highest BCUT2D eigenvalue weighted by molar-refractivity contribution is 6.30. The van der Waals surface area contributed by atoms with Crippen molar-refractivity contribution >= 4 is 11.6 Å². The highest BCUT2D eigenvalue weighted by Crippen LogP contribution is 2.33. The van der Waals surface area contributed by atoms with E-state index < -0.39 is 0 Å².